The van der Waals surface area contributed by atoms with Crippen molar-refractivity contribution in [3.8, 4) is 5.75 Å². The lowest BCUT2D eigenvalue weighted by molar-refractivity contribution is -0.912. The highest BCUT2D eigenvalue weighted by Gasteiger charge is 2.24. The summed E-state index contributed by atoms with van der Waals surface area (Å²) in [7, 11) is 0. The van der Waals surface area contributed by atoms with Gasteiger partial charge in [0.05, 0.1) is 18.1 Å². The molecule has 2 nitrogen and oxygen atoms in total. The number of nitrogens with one attached hydrogen (secondary N) is 1. The van der Waals surface area contributed by atoms with Crippen LogP contribution in [0.25, 0.3) is 0 Å². The first-order chi connectivity index (χ1) is 9.06. The van der Waals surface area contributed by atoms with Crippen LogP contribution in [0.4, 0.5) is 0 Å². The van der Waals surface area contributed by atoms with Gasteiger partial charge >= 0.3 is 0 Å². The van der Waals surface area contributed by atoms with Gasteiger partial charge in [0, 0.05) is 11.8 Å². The van der Waals surface area contributed by atoms with Crippen LogP contribution in [-0.2, 0) is 0 Å². The van der Waals surface area contributed by atoms with E-state index in [0.717, 1.165) is 18.4 Å². The number of hydrogen-bond donors (Lipinski definition) is 1. The molecule has 1 saturated heterocycles. The molecule has 0 unspecified atom stereocenters. The first kappa shape index (κ1) is 15.0. The minimum atomic E-state index is 0.513. The van der Waals surface area contributed by atoms with Gasteiger partial charge in [-0.25, -0.2) is 0 Å². The van der Waals surface area contributed by atoms with E-state index < -0.39 is 0 Å². The van der Waals surface area contributed by atoms with Gasteiger partial charge in [0.1, 0.15) is 23.9 Å². The predicted octanol–water partition coefficient (Wildman–Crippen LogP) is 2.93. The third-order valence-electron chi connectivity index (χ3n) is 3.71. The maximum Gasteiger partial charge on any atom is 0.139 e. The van der Waals surface area contributed by atoms with Crippen LogP contribution in [-0.4, -0.2) is 26.2 Å². The molecule has 0 radical (unpaired) electrons. The summed E-state index contributed by atoms with van der Waals surface area (Å²) in [6, 6.07) is 5.50. The summed E-state index contributed by atoms with van der Waals surface area (Å²) in [5.74, 6) is 2.31. The van der Waals surface area contributed by atoms with Crippen LogP contribution in [0.15, 0.2) is 18.2 Å². The van der Waals surface area contributed by atoms with Gasteiger partial charge in [0.25, 0.3) is 0 Å². The van der Waals surface area contributed by atoms with Crippen molar-refractivity contribution in [2.24, 2.45) is 11.8 Å². The minimum absolute atomic E-state index is 0.513. The van der Waals surface area contributed by atoms with E-state index in [1.165, 1.54) is 19.5 Å². The summed E-state index contributed by atoms with van der Waals surface area (Å²) in [5.41, 5.74) is 0. The summed E-state index contributed by atoms with van der Waals surface area (Å²) >= 11 is 12.1. The zero-order valence-corrected chi connectivity index (χ0v) is 13.1. The molecular formula is C15H22Cl2NO+. The molecule has 2 atom stereocenters. The largest absolute Gasteiger partial charge is 0.486 e. The molecule has 1 heterocycles. The van der Waals surface area contributed by atoms with E-state index in [1.54, 1.807) is 11.0 Å². The van der Waals surface area contributed by atoms with Crippen molar-refractivity contribution < 1.29 is 9.64 Å². The molecule has 1 fully saturated rings. The quantitative estimate of drug-likeness (QED) is 0.903. The lowest BCUT2D eigenvalue weighted by atomic mass is 9.92. The van der Waals surface area contributed by atoms with E-state index in [2.05, 4.69) is 13.8 Å². The van der Waals surface area contributed by atoms with Gasteiger partial charge < -0.3 is 9.64 Å². The summed E-state index contributed by atoms with van der Waals surface area (Å²) in [6.07, 6.45) is 1.35. The monoisotopic (exact) mass is 302 g/mol. The maximum absolute atomic E-state index is 6.10. The van der Waals surface area contributed by atoms with E-state index >= 15 is 0 Å². The Bertz CT molecular complexity index is 415. The van der Waals surface area contributed by atoms with Crippen LogP contribution in [0.1, 0.15) is 20.3 Å². The van der Waals surface area contributed by atoms with Crippen molar-refractivity contribution in [1.82, 2.24) is 0 Å². The first-order valence-corrected chi connectivity index (χ1v) is 7.72. The number of likely N-dealkylation sites (tertiary alicyclic amines) is 1. The van der Waals surface area contributed by atoms with Gasteiger partial charge in [-0.3, -0.25) is 0 Å². The van der Waals surface area contributed by atoms with Crippen molar-refractivity contribution >= 4 is 23.2 Å². The van der Waals surface area contributed by atoms with Crippen LogP contribution >= 0.6 is 23.2 Å². The number of piperidine rings is 1. The molecule has 1 N–H and O–H groups in total. The molecule has 0 aromatic heterocycles. The first-order valence-electron chi connectivity index (χ1n) is 6.96. The maximum atomic E-state index is 6.10. The van der Waals surface area contributed by atoms with E-state index in [0.29, 0.717) is 22.4 Å². The second-order valence-electron chi connectivity index (χ2n) is 5.75. The van der Waals surface area contributed by atoms with Crippen LogP contribution in [0.2, 0.25) is 10.0 Å². The summed E-state index contributed by atoms with van der Waals surface area (Å²) in [6.45, 7) is 8.88. The molecule has 0 amide bonds. The number of halogens is 2. The van der Waals surface area contributed by atoms with Crippen molar-refractivity contribution in [2.75, 3.05) is 26.2 Å². The Morgan fingerprint density at radius 2 is 1.89 bits per heavy atom. The van der Waals surface area contributed by atoms with Crippen LogP contribution in [0, 0.1) is 11.8 Å². The molecule has 4 heteroatoms. The van der Waals surface area contributed by atoms with Gasteiger partial charge in [-0.2, -0.15) is 0 Å². The Morgan fingerprint density at radius 3 is 2.58 bits per heavy atom. The predicted molar refractivity (Wildman–Crippen MR) is 80.5 cm³/mol. The molecule has 2 rings (SSSR count). The summed E-state index contributed by atoms with van der Waals surface area (Å²) in [4.78, 5) is 1.63. The molecule has 0 spiro atoms. The van der Waals surface area contributed by atoms with Crippen molar-refractivity contribution in [1.29, 1.82) is 0 Å². The van der Waals surface area contributed by atoms with Crippen LogP contribution < -0.4 is 9.64 Å². The number of quaternary nitrogens is 1. The van der Waals surface area contributed by atoms with Crippen LogP contribution in [0.5, 0.6) is 5.75 Å². The highest BCUT2D eigenvalue weighted by atomic mass is 35.5. The van der Waals surface area contributed by atoms with Crippen molar-refractivity contribution in [2.45, 2.75) is 20.3 Å². The van der Waals surface area contributed by atoms with Gasteiger partial charge in [-0.05, 0) is 18.6 Å². The van der Waals surface area contributed by atoms with E-state index in [1.807, 2.05) is 12.1 Å². The third kappa shape index (κ3) is 4.27. The minimum Gasteiger partial charge on any atom is -0.486 e. The average molecular weight is 303 g/mol. The standard InChI is InChI=1S/C15H21Cl2NO/c1-11-8-12(2)10-18(9-11)6-7-19-14-5-3-4-13(16)15(14)17/h3-5,11-12H,6-10H2,1-2H3/p+1/t11-,12-/m1/s1. The molecule has 1 aromatic carbocycles. The number of hydrogen-bond acceptors (Lipinski definition) is 1. The Hall–Kier alpha value is -0.440. The summed E-state index contributed by atoms with van der Waals surface area (Å²) < 4.78 is 5.75. The van der Waals surface area contributed by atoms with Gasteiger partial charge in [0.2, 0.25) is 0 Å². The number of ether oxygens (including phenoxy) is 1. The Kier molecular flexibility index (Phi) is 5.37. The second-order valence-corrected chi connectivity index (χ2v) is 6.54. The van der Waals surface area contributed by atoms with Gasteiger partial charge in [0.15, 0.2) is 0 Å². The van der Waals surface area contributed by atoms with Gasteiger partial charge in [-0.15, -0.1) is 0 Å². The molecule has 106 valence electrons. The highest BCUT2D eigenvalue weighted by molar-refractivity contribution is 6.42. The molecule has 1 aliphatic heterocycles. The molecule has 0 saturated carbocycles. The Labute approximate surface area is 125 Å². The molecular weight excluding hydrogens is 281 g/mol. The number of rotatable bonds is 4. The lowest BCUT2D eigenvalue weighted by Crippen LogP contribution is -3.14. The fourth-order valence-electron chi connectivity index (χ4n) is 3.03. The number of benzene rings is 1. The van der Waals surface area contributed by atoms with Gasteiger partial charge in [-0.1, -0.05) is 43.1 Å². The topological polar surface area (TPSA) is 13.7 Å². The van der Waals surface area contributed by atoms with Crippen molar-refractivity contribution in [3.63, 3.8) is 0 Å². The second kappa shape index (κ2) is 6.83. The third-order valence-corrected chi connectivity index (χ3v) is 4.51. The molecule has 1 aromatic rings. The SMILES string of the molecule is C[C@@H]1C[C@@H](C)C[NH+](CCOc2cccc(Cl)c2Cl)C1. The molecule has 1 aliphatic rings. The fraction of sp³-hybridized carbons (Fsp3) is 0.600. The normalized spacial score (nSPS) is 27.3. The molecule has 0 bridgehead atoms. The zero-order chi connectivity index (χ0) is 13.8. The smallest absolute Gasteiger partial charge is 0.139 e. The van der Waals surface area contributed by atoms with Crippen LogP contribution in [0.3, 0.4) is 0 Å². The van der Waals surface area contributed by atoms with E-state index in [9.17, 15) is 0 Å². The van der Waals surface area contributed by atoms with E-state index in [-0.39, 0.29) is 0 Å². The zero-order valence-electron chi connectivity index (χ0n) is 11.6. The molecule has 19 heavy (non-hydrogen) atoms. The Morgan fingerprint density at radius 1 is 1.21 bits per heavy atom. The Balaban J connectivity index is 1.81. The molecule has 0 aliphatic carbocycles. The van der Waals surface area contributed by atoms with Crippen molar-refractivity contribution in [3.05, 3.63) is 28.2 Å². The lowest BCUT2D eigenvalue weighted by Gasteiger charge is -2.31. The summed E-state index contributed by atoms with van der Waals surface area (Å²) in [5, 5.41) is 1.06. The highest BCUT2D eigenvalue weighted by Crippen LogP contribution is 2.31. The van der Waals surface area contributed by atoms with E-state index in [4.69, 9.17) is 27.9 Å². The average Bonchev–Trinajstić information content (AvgIpc) is 2.33. The fourth-order valence-corrected chi connectivity index (χ4v) is 3.37.